The molecule has 0 aliphatic heterocycles. The monoisotopic (exact) mass is 365 g/mol. The van der Waals surface area contributed by atoms with Gasteiger partial charge in [0.2, 0.25) is 0 Å². The van der Waals surface area contributed by atoms with E-state index >= 15 is 0 Å². The van der Waals surface area contributed by atoms with E-state index in [1.165, 1.54) is 36.5 Å². The number of halogens is 1. The smallest absolute Gasteiger partial charge is 0.0687 e. The van der Waals surface area contributed by atoms with Crippen LogP contribution in [0, 0.1) is 27.7 Å². The van der Waals surface area contributed by atoms with Gasteiger partial charge in [-0.25, -0.2) is 0 Å². The molecule has 1 atom stereocenters. The second-order valence-corrected chi connectivity index (χ2v) is 7.91. The van der Waals surface area contributed by atoms with Crippen LogP contribution in [0.3, 0.4) is 0 Å². The Kier molecular flexibility index (Phi) is 5.64. The fourth-order valence-electron chi connectivity index (χ4n) is 2.96. The van der Waals surface area contributed by atoms with Crippen molar-refractivity contribution in [2.45, 2.75) is 47.1 Å². The number of thiophene rings is 1. The van der Waals surface area contributed by atoms with Gasteiger partial charge in [-0.1, -0.05) is 24.6 Å². The van der Waals surface area contributed by atoms with E-state index < -0.39 is 0 Å². The Balaban J connectivity index is 2.53. The zero-order valence-corrected chi connectivity index (χ0v) is 15.9. The second-order valence-electron chi connectivity index (χ2n) is 5.77. The molecule has 114 valence electrons. The lowest BCUT2D eigenvalue weighted by Crippen LogP contribution is -2.24. The van der Waals surface area contributed by atoms with Crippen molar-refractivity contribution in [3.8, 4) is 0 Å². The Morgan fingerprint density at radius 1 is 1.10 bits per heavy atom. The molecule has 0 aliphatic rings. The summed E-state index contributed by atoms with van der Waals surface area (Å²) in [6.45, 7) is 12.0. The lowest BCUT2D eigenvalue weighted by Gasteiger charge is -2.23. The standard InChI is InChI=1S/C18H24BrNS/c1-6-7-20-17(18-15(19)10-14(5)21-18)16-12(3)8-11(2)9-13(16)4/h8-10,17,20H,6-7H2,1-5H3. The van der Waals surface area contributed by atoms with Gasteiger partial charge in [-0.3, -0.25) is 0 Å². The summed E-state index contributed by atoms with van der Waals surface area (Å²) in [4.78, 5) is 2.73. The van der Waals surface area contributed by atoms with Gasteiger partial charge >= 0.3 is 0 Å². The summed E-state index contributed by atoms with van der Waals surface area (Å²) in [7, 11) is 0. The van der Waals surface area contributed by atoms with E-state index in [1.54, 1.807) is 0 Å². The third-order valence-corrected chi connectivity index (χ3v) is 5.76. The van der Waals surface area contributed by atoms with Crippen LogP contribution in [0.15, 0.2) is 22.7 Å². The van der Waals surface area contributed by atoms with Crippen LogP contribution in [0.1, 0.15) is 51.4 Å². The molecular formula is C18H24BrNS. The molecule has 0 radical (unpaired) electrons. The first-order valence-electron chi connectivity index (χ1n) is 7.51. The number of benzene rings is 1. The maximum absolute atomic E-state index is 3.74. The van der Waals surface area contributed by atoms with Gasteiger partial charge in [0.25, 0.3) is 0 Å². The number of nitrogens with one attached hydrogen (secondary N) is 1. The van der Waals surface area contributed by atoms with Crippen LogP contribution in [-0.2, 0) is 0 Å². The summed E-state index contributed by atoms with van der Waals surface area (Å²) in [6, 6.07) is 7.08. The fourth-order valence-corrected chi connectivity index (χ4v) is 4.92. The van der Waals surface area contributed by atoms with Crippen LogP contribution in [0.4, 0.5) is 0 Å². The predicted molar refractivity (Wildman–Crippen MR) is 97.5 cm³/mol. The molecule has 1 aromatic heterocycles. The number of hydrogen-bond acceptors (Lipinski definition) is 2. The van der Waals surface area contributed by atoms with Crippen molar-refractivity contribution in [2.24, 2.45) is 0 Å². The van der Waals surface area contributed by atoms with Crippen molar-refractivity contribution in [1.29, 1.82) is 0 Å². The van der Waals surface area contributed by atoms with E-state index in [9.17, 15) is 0 Å². The Labute approximate surface area is 140 Å². The largest absolute Gasteiger partial charge is 0.306 e. The molecule has 1 aromatic carbocycles. The summed E-state index contributed by atoms with van der Waals surface area (Å²) >= 11 is 5.62. The van der Waals surface area contributed by atoms with Crippen LogP contribution in [0.5, 0.6) is 0 Å². The highest BCUT2D eigenvalue weighted by Gasteiger charge is 2.22. The SMILES string of the molecule is CCCNC(c1sc(C)cc1Br)c1c(C)cc(C)cc1C. The molecule has 2 rings (SSSR count). The van der Waals surface area contributed by atoms with Crippen molar-refractivity contribution >= 4 is 27.3 Å². The first kappa shape index (κ1) is 16.7. The third-order valence-electron chi connectivity index (χ3n) is 3.72. The van der Waals surface area contributed by atoms with E-state index in [1.807, 2.05) is 11.3 Å². The van der Waals surface area contributed by atoms with E-state index in [-0.39, 0.29) is 6.04 Å². The van der Waals surface area contributed by atoms with Crippen LogP contribution >= 0.6 is 27.3 Å². The number of hydrogen-bond donors (Lipinski definition) is 1. The van der Waals surface area contributed by atoms with E-state index in [4.69, 9.17) is 0 Å². The van der Waals surface area contributed by atoms with Gasteiger partial charge in [0.1, 0.15) is 0 Å². The summed E-state index contributed by atoms with van der Waals surface area (Å²) in [5.41, 5.74) is 5.51. The predicted octanol–water partition coefficient (Wildman–Crippen LogP) is 5.83. The van der Waals surface area contributed by atoms with Gasteiger partial charge in [-0.05, 0) is 79.3 Å². The molecule has 0 saturated carbocycles. The van der Waals surface area contributed by atoms with Crippen molar-refractivity contribution in [3.63, 3.8) is 0 Å². The molecule has 0 fully saturated rings. The second kappa shape index (κ2) is 7.08. The highest BCUT2D eigenvalue weighted by molar-refractivity contribution is 9.10. The molecule has 0 saturated heterocycles. The average Bonchev–Trinajstić information content (AvgIpc) is 2.71. The molecule has 0 bridgehead atoms. The van der Waals surface area contributed by atoms with Gasteiger partial charge in [0, 0.05) is 14.2 Å². The Morgan fingerprint density at radius 3 is 2.19 bits per heavy atom. The molecule has 21 heavy (non-hydrogen) atoms. The van der Waals surface area contributed by atoms with E-state index in [2.05, 4.69) is 74.1 Å². The minimum absolute atomic E-state index is 0.277. The first-order chi connectivity index (χ1) is 9.93. The number of aryl methyl sites for hydroxylation is 4. The topological polar surface area (TPSA) is 12.0 Å². The molecule has 1 nitrogen and oxygen atoms in total. The van der Waals surface area contributed by atoms with Crippen molar-refractivity contribution in [1.82, 2.24) is 5.32 Å². The molecule has 1 unspecified atom stereocenters. The fraction of sp³-hybridized carbons (Fsp3) is 0.444. The van der Waals surface area contributed by atoms with Gasteiger partial charge in [-0.15, -0.1) is 11.3 Å². The van der Waals surface area contributed by atoms with Crippen LogP contribution in [0.25, 0.3) is 0 Å². The highest BCUT2D eigenvalue weighted by atomic mass is 79.9. The zero-order valence-electron chi connectivity index (χ0n) is 13.5. The molecule has 1 heterocycles. The van der Waals surface area contributed by atoms with Gasteiger partial charge in [0.05, 0.1) is 6.04 Å². The first-order valence-corrected chi connectivity index (χ1v) is 9.12. The molecule has 0 spiro atoms. The van der Waals surface area contributed by atoms with Gasteiger partial charge in [0.15, 0.2) is 0 Å². The zero-order chi connectivity index (χ0) is 15.6. The molecular weight excluding hydrogens is 342 g/mol. The van der Waals surface area contributed by atoms with Crippen LogP contribution in [0.2, 0.25) is 0 Å². The summed E-state index contributed by atoms with van der Waals surface area (Å²) in [5, 5.41) is 3.74. The van der Waals surface area contributed by atoms with E-state index in [0.717, 1.165) is 13.0 Å². The summed E-state index contributed by atoms with van der Waals surface area (Å²) in [6.07, 6.45) is 1.14. The quantitative estimate of drug-likeness (QED) is 0.702. The normalized spacial score (nSPS) is 12.7. The highest BCUT2D eigenvalue weighted by Crippen LogP contribution is 2.38. The lowest BCUT2D eigenvalue weighted by molar-refractivity contribution is 0.599. The molecule has 1 N–H and O–H groups in total. The maximum Gasteiger partial charge on any atom is 0.0687 e. The molecule has 0 amide bonds. The van der Waals surface area contributed by atoms with Crippen molar-refractivity contribution in [2.75, 3.05) is 6.54 Å². The molecule has 0 aliphatic carbocycles. The van der Waals surface area contributed by atoms with Crippen molar-refractivity contribution < 1.29 is 0 Å². The summed E-state index contributed by atoms with van der Waals surface area (Å²) < 4.78 is 1.22. The Hall–Kier alpha value is -0.640. The number of rotatable bonds is 5. The Morgan fingerprint density at radius 2 is 1.71 bits per heavy atom. The minimum Gasteiger partial charge on any atom is -0.306 e. The van der Waals surface area contributed by atoms with Crippen molar-refractivity contribution in [3.05, 3.63) is 54.7 Å². The lowest BCUT2D eigenvalue weighted by atomic mass is 9.93. The maximum atomic E-state index is 3.74. The van der Waals surface area contributed by atoms with Gasteiger partial charge in [-0.2, -0.15) is 0 Å². The minimum atomic E-state index is 0.277. The third kappa shape index (κ3) is 3.77. The molecule has 3 heteroatoms. The average molecular weight is 366 g/mol. The van der Waals surface area contributed by atoms with Crippen LogP contribution < -0.4 is 5.32 Å². The molecule has 2 aromatic rings. The van der Waals surface area contributed by atoms with Crippen LogP contribution in [-0.4, -0.2) is 6.54 Å². The Bertz CT molecular complexity index is 607. The summed E-state index contributed by atoms with van der Waals surface area (Å²) in [5.74, 6) is 0. The van der Waals surface area contributed by atoms with E-state index in [0.29, 0.717) is 0 Å². The van der Waals surface area contributed by atoms with Gasteiger partial charge < -0.3 is 5.32 Å².